The minimum Gasteiger partial charge on any atom is -0.378 e. The van der Waals surface area contributed by atoms with Crippen molar-refractivity contribution in [2.24, 2.45) is 5.92 Å². The van der Waals surface area contributed by atoms with Gasteiger partial charge in [-0.05, 0) is 44.9 Å². The predicted molar refractivity (Wildman–Crippen MR) is 143 cm³/mol. The molecule has 0 unspecified atom stereocenters. The number of hydrogen-bond donors (Lipinski definition) is 0. The summed E-state index contributed by atoms with van der Waals surface area (Å²) in [6.07, 6.45) is 0.283. The van der Waals surface area contributed by atoms with Gasteiger partial charge in [-0.15, -0.1) is 6.58 Å². The Hall–Kier alpha value is -2.07. The van der Waals surface area contributed by atoms with Gasteiger partial charge in [-0.25, -0.2) is 0 Å². The third-order valence-corrected chi connectivity index (χ3v) is 7.77. The summed E-state index contributed by atoms with van der Waals surface area (Å²) in [5, 5.41) is 0. The second kappa shape index (κ2) is 13.1. The Bertz CT molecular complexity index is 1080. The van der Waals surface area contributed by atoms with E-state index >= 15 is 0 Å². The van der Waals surface area contributed by atoms with Gasteiger partial charge in [-0.1, -0.05) is 61.0 Å². The molecule has 0 amide bonds. The van der Waals surface area contributed by atoms with Crippen molar-refractivity contribution in [3.05, 3.63) is 78.4 Å². The van der Waals surface area contributed by atoms with Gasteiger partial charge in [0.1, 0.15) is 6.10 Å². The third kappa shape index (κ3) is 8.46. The molecule has 3 rings (SSSR count). The third-order valence-electron chi connectivity index (χ3n) is 6.42. The highest BCUT2D eigenvalue weighted by Gasteiger charge is 2.46. The van der Waals surface area contributed by atoms with E-state index in [0.717, 1.165) is 11.1 Å². The molecule has 1 aliphatic heterocycles. The molecule has 1 fully saturated rings. The van der Waals surface area contributed by atoms with Crippen LogP contribution in [0.5, 0.6) is 0 Å². The van der Waals surface area contributed by atoms with Crippen molar-refractivity contribution in [3.8, 4) is 0 Å². The van der Waals surface area contributed by atoms with Gasteiger partial charge in [0.15, 0.2) is 5.79 Å². The van der Waals surface area contributed by atoms with Crippen molar-refractivity contribution < 1.29 is 31.5 Å². The van der Waals surface area contributed by atoms with E-state index in [-0.39, 0.29) is 23.3 Å². The lowest BCUT2D eigenvalue weighted by atomic mass is 9.94. The summed E-state index contributed by atoms with van der Waals surface area (Å²) >= 11 is 0. The molecule has 0 N–H and O–H groups in total. The van der Waals surface area contributed by atoms with Crippen LogP contribution >= 0.6 is 0 Å². The Morgan fingerprint density at radius 1 is 1.05 bits per heavy atom. The molecule has 0 aromatic heterocycles. The highest BCUT2D eigenvalue weighted by Crippen LogP contribution is 2.36. The summed E-state index contributed by atoms with van der Waals surface area (Å²) in [5.41, 5.74) is 2.05. The molecular formula is C29H40O7S. The summed E-state index contributed by atoms with van der Waals surface area (Å²) in [6, 6.07) is 16.6. The van der Waals surface area contributed by atoms with Crippen molar-refractivity contribution >= 4 is 10.1 Å². The molecule has 37 heavy (non-hydrogen) atoms. The molecule has 2 aromatic rings. The van der Waals surface area contributed by atoms with Crippen LogP contribution in [0.2, 0.25) is 0 Å². The topological polar surface area (TPSA) is 80.3 Å². The van der Waals surface area contributed by atoms with Gasteiger partial charge >= 0.3 is 0 Å². The van der Waals surface area contributed by atoms with E-state index in [2.05, 4.69) is 6.58 Å². The van der Waals surface area contributed by atoms with Gasteiger partial charge < -0.3 is 18.9 Å². The zero-order chi connectivity index (χ0) is 27.1. The first kappa shape index (κ1) is 29.5. The summed E-state index contributed by atoms with van der Waals surface area (Å²) in [5.74, 6) is -0.838. The summed E-state index contributed by atoms with van der Waals surface area (Å²) in [4.78, 5) is 0.0970. The van der Waals surface area contributed by atoms with Crippen LogP contribution in [0.4, 0.5) is 0 Å². The summed E-state index contributed by atoms with van der Waals surface area (Å²) in [7, 11) is -2.50. The number of ether oxygens (including phenoxy) is 4. The maximum atomic E-state index is 13.2. The fourth-order valence-corrected chi connectivity index (χ4v) is 5.64. The Balaban J connectivity index is 1.76. The standard InChI is InChI=1S/C29H40O7S/c1-7-11-25(32-6)26(36-37(30,31)24-16-14-21(2)15-17-24)18-27-28(35-29(4,5)34-27)22(3)19-33-20-23-12-9-8-10-13-23/h7-10,12-17,22,25-28H,1,11,18-20H2,2-6H3/t22-,25-,26+,27-,28-/m0/s1. The quantitative estimate of drug-likeness (QED) is 0.237. The van der Waals surface area contributed by atoms with Crippen LogP contribution in [-0.4, -0.2) is 52.3 Å². The zero-order valence-corrected chi connectivity index (χ0v) is 23.3. The first-order valence-corrected chi connectivity index (χ1v) is 14.1. The average Bonchev–Trinajstić information content (AvgIpc) is 3.16. The van der Waals surface area contributed by atoms with Crippen LogP contribution in [0.25, 0.3) is 0 Å². The molecule has 8 heteroatoms. The fourth-order valence-electron chi connectivity index (χ4n) is 4.53. The highest BCUT2D eigenvalue weighted by atomic mass is 32.2. The Kier molecular flexibility index (Phi) is 10.5. The summed E-state index contributed by atoms with van der Waals surface area (Å²) in [6.45, 7) is 12.4. The monoisotopic (exact) mass is 532 g/mol. The molecule has 0 aliphatic carbocycles. The number of methoxy groups -OCH3 is 1. The lowest BCUT2D eigenvalue weighted by Gasteiger charge is -2.30. The molecular weight excluding hydrogens is 492 g/mol. The van der Waals surface area contributed by atoms with E-state index in [4.69, 9.17) is 23.1 Å². The predicted octanol–water partition coefficient (Wildman–Crippen LogP) is 5.42. The van der Waals surface area contributed by atoms with Crippen LogP contribution in [0, 0.1) is 12.8 Å². The van der Waals surface area contributed by atoms with Crippen molar-refractivity contribution in [1.82, 2.24) is 0 Å². The molecule has 204 valence electrons. The van der Waals surface area contributed by atoms with Gasteiger partial charge in [0, 0.05) is 19.4 Å². The van der Waals surface area contributed by atoms with Crippen molar-refractivity contribution in [2.75, 3.05) is 13.7 Å². The molecule has 0 spiro atoms. The Morgan fingerprint density at radius 2 is 1.73 bits per heavy atom. The number of hydrogen-bond acceptors (Lipinski definition) is 7. The molecule has 5 atom stereocenters. The van der Waals surface area contributed by atoms with Crippen LogP contribution in [0.1, 0.15) is 44.7 Å². The minimum absolute atomic E-state index is 0.00904. The molecule has 1 heterocycles. The van der Waals surface area contributed by atoms with Gasteiger partial charge in [0.25, 0.3) is 10.1 Å². The van der Waals surface area contributed by atoms with Gasteiger partial charge in [-0.3, -0.25) is 4.18 Å². The molecule has 1 aliphatic rings. The Morgan fingerprint density at radius 3 is 2.35 bits per heavy atom. The van der Waals surface area contributed by atoms with Crippen LogP contribution in [0.3, 0.4) is 0 Å². The van der Waals surface area contributed by atoms with Gasteiger partial charge in [-0.2, -0.15) is 8.42 Å². The SMILES string of the molecule is C=CC[C@H](OC)[C@@H](C[C@@H]1OC(C)(C)O[C@H]1[C@@H](C)COCc1ccccc1)OS(=O)(=O)c1ccc(C)cc1. The lowest BCUT2D eigenvalue weighted by Crippen LogP contribution is -2.40. The second-order valence-corrected chi connectivity index (χ2v) is 11.6. The number of rotatable bonds is 14. The molecule has 1 saturated heterocycles. The first-order valence-electron chi connectivity index (χ1n) is 12.7. The molecule has 0 saturated carbocycles. The summed E-state index contributed by atoms with van der Waals surface area (Å²) < 4.78 is 56.3. The van der Waals surface area contributed by atoms with Crippen LogP contribution < -0.4 is 0 Å². The minimum atomic E-state index is -4.04. The van der Waals surface area contributed by atoms with Gasteiger partial charge in [0.05, 0.1) is 36.4 Å². The molecule has 2 aromatic carbocycles. The Labute approximate surface area is 221 Å². The smallest absolute Gasteiger partial charge is 0.297 e. The first-order chi connectivity index (χ1) is 17.5. The zero-order valence-electron chi connectivity index (χ0n) is 22.5. The molecule has 7 nitrogen and oxygen atoms in total. The maximum absolute atomic E-state index is 13.2. The second-order valence-electron chi connectivity index (χ2n) is 10.1. The van der Waals surface area contributed by atoms with E-state index in [1.54, 1.807) is 30.3 Å². The van der Waals surface area contributed by atoms with E-state index in [9.17, 15) is 8.42 Å². The van der Waals surface area contributed by atoms with Gasteiger partial charge in [0.2, 0.25) is 0 Å². The maximum Gasteiger partial charge on any atom is 0.297 e. The largest absolute Gasteiger partial charge is 0.378 e. The normalized spacial score (nSPS) is 21.9. The van der Waals surface area contributed by atoms with E-state index in [1.807, 2.05) is 58.0 Å². The lowest BCUT2D eigenvalue weighted by molar-refractivity contribution is -0.154. The van der Waals surface area contributed by atoms with Crippen molar-refractivity contribution in [1.29, 1.82) is 0 Å². The van der Waals surface area contributed by atoms with E-state index < -0.39 is 34.2 Å². The van der Waals surface area contributed by atoms with Crippen molar-refractivity contribution in [2.45, 2.75) is 82.2 Å². The van der Waals surface area contributed by atoms with E-state index in [0.29, 0.717) is 19.6 Å². The molecule has 0 radical (unpaired) electrons. The van der Waals surface area contributed by atoms with Crippen molar-refractivity contribution in [3.63, 3.8) is 0 Å². The fraction of sp³-hybridized carbons (Fsp3) is 0.517. The number of aryl methyl sites for hydroxylation is 1. The average molecular weight is 533 g/mol. The molecule has 0 bridgehead atoms. The van der Waals surface area contributed by atoms with E-state index in [1.165, 1.54) is 7.11 Å². The highest BCUT2D eigenvalue weighted by molar-refractivity contribution is 7.86. The van der Waals surface area contributed by atoms with Crippen LogP contribution in [-0.2, 0) is 39.9 Å². The van der Waals surface area contributed by atoms with Crippen LogP contribution in [0.15, 0.2) is 72.1 Å². The number of benzene rings is 2.